The van der Waals surface area contributed by atoms with Crippen LogP contribution < -0.4 is 4.74 Å². The van der Waals surface area contributed by atoms with Crippen molar-refractivity contribution in [3.05, 3.63) is 42.2 Å². The lowest BCUT2D eigenvalue weighted by atomic mass is 10.3. The largest absolute Gasteiger partial charge is 0.497 e. The van der Waals surface area contributed by atoms with E-state index in [1.54, 1.807) is 25.1 Å². The van der Waals surface area contributed by atoms with Crippen molar-refractivity contribution >= 4 is 10.0 Å². The molecule has 0 N–H and O–H groups in total. The first-order valence-corrected chi connectivity index (χ1v) is 6.40. The average Bonchev–Trinajstić information content (AvgIpc) is 2.77. The molecule has 90 valence electrons. The maximum Gasteiger partial charge on any atom is 0.282 e. The van der Waals surface area contributed by atoms with E-state index in [2.05, 4.69) is 5.10 Å². The lowest BCUT2D eigenvalue weighted by Gasteiger charge is -2.05. The van der Waals surface area contributed by atoms with Crippen LogP contribution in [0.3, 0.4) is 0 Å². The molecule has 1 heterocycles. The van der Waals surface area contributed by atoms with E-state index in [0.29, 0.717) is 11.4 Å². The predicted molar refractivity (Wildman–Crippen MR) is 62.5 cm³/mol. The van der Waals surface area contributed by atoms with Crippen LogP contribution in [-0.2, 0) is 10.0 Å². The van der Waals surface area contributed by atoms with Gasteiger partial charge >= 0.3 is 0 Å². The normalized spacial score (nSPS) is 11.4. The third kappa shape index (κ3) is 2.16. The molecular formula is C11H12N2O3S. The molecule has 0 atom stereocenters. The van der Waals surface area contributed by atoms with Gasteiger partial charge in [-0.1, -0.05) is 0 Å². The van der Waals surface area contributed by atoms with Crippen molar-refractivity contribution in [2.75, 3.05) is 7.11 Å². The van der Waals surface area contributed by atoms with Crippen LogP contribution in [0.15, 0.2) is 41.4 Å². The van der Waals surface area contributed by atoms with Crippen LogP contribution in [0.1, 0.15) is 5.69 Å². The quantitative estimate of drug-likeness (QED) is 0.829. The van der Waals surface area contributed by atoms with Gasteiger partial charge in [0.05, 0.1) is 17.7 Å². The monoisotopic (exact) mass is 252 g/mol. The van der Waals surface area contributed by atoms with Crippen LogP contribution in [0.25, 0.3) is 0 Å². The van der Waals surface area contributed by atoms with Gasteiger partial charge in [-0.15, -0.1) is 0 Å². The zero-order chi connectivity index (χ0) is 12.5. The Labute approximate surface area is 99.7 Å². The van der Waals surface area contributed by atoms with Gasteiger partial charge in [-0.2, -0.15) is 17.6 Å². The Hall–Kier alpha value is -1.82. The van der Waals surface area contributed by atoms with Crippen LogP contribution in [0.4, 0.5) is 0 Å². The summed E-state index contributed by atoms with van der Waals surface area (Å²) >= 11 is 0. The van der Waals surface area contributed by atoms with Gasteiger partial charge in [0.15, 0.2) is 0 Å². The minimum absolute atomic E-state index is 0.182. The van der Waals surface area contributed by atoms with Crippen molar-refractivity contribution in [1.82, 2.24) is 9.19 Å². The lowest BCUT2D eigenvalue weighted by Crippen LogP contribution is -2.13. The highest BCUT2D eigenvalue weighted by molar-refractivity contribution is 7.89. The molecule has 0 aliphatic heterocycles. The first kappa shape index (κ1) is 11.7. The van der Waals surface area contributed by atoms with Gasteiger partial charge in [-0.25, -0.2) is 0 Å². The topological polar surface area (TPSA) is 61.2 Å². The van der Waals surface area contributed by atoms with E-state index in [1.807, 2.05) is 0 Å². The van der Waals surface area contributed by atoms with Gasteiger partial charge in [0.25, 0.3) is 10.0 Å². The fourth-order valence-electron chi connectivity index (χ4n) is 1.38. The summed E-state index contributed by atoms with van der Waals surface area (Å²) < 4.78 is 30.1. The summed E-state index contributed by atoms with van der Waals surface area (Å²) in [6.07, 6.45) is 1.43. The Morgan fingerprint density at radius 2 is 1.82 bits per heavy atom. The molecule has 6 heteroatoms. The molecule has 0 aliphatic rings. The summed E-state index contributed by atoms with van der Waals surface area (Å²) in [4.78, 5) is 0.182. The number of hydrogen-bond acceptors (Lipinski definition) is 4. The molecule has 2 rings (SSSR count). The number of hydrogen-bond donors (Lipinski definition) is 0. The number of methoxy groups -OCH3 is 1. The summed E-state index contributed by atoms with van der Waals surface area (Å²) in [6.45, 7) is 1.74. The number of aryl methyl sites for hydroxylation is 1. The molecule has 0 amide bonds. The number of aromatic nitrogens is 2. The molecule has 1 aromatic heterocycles. The fourth-order valence-corrected chi connectivity index (χ4v) is 2.54. The molecule has 0 fully saturated rings. The number of nitrogens with zero attached hydrogens (tertiary/aromatic N) is 2. The van der Waals surface area contributed by atoms with Crippen molar-refractivity contribution in [2.24, 2.45) is 0 Å². The van der Waals surface area contributed by atoms with E-state index in [4.69, 9.17) is 4.74 Å². The van der Waals surface area contributed by atoms with Gasteiger partial charge in [0.2, 0.25) is 0 Å². The van der Waals surface area contributed by atoms with Crippen molar-refractivity contribution in [3.8, 4) is 5.75 Å². The molecule has 5 nitrogen and oxygen atoms in total. The highest BCUT2D eigenvalue weighted by atomic mass is 32.2. The van der Waals surface area contributed by atoms with Gasteiger partial charge in [-0.3, -0.25) is 0 Å². The van der Waals surface area contributed by atoms with Crippen molar-refractivity contribution in [2.45, 2.75) is 11.8 Å². The molecule has 0 aliphatic carbocycles. The van der Waals surface area contributed by atoms with Crippen molar-refractivity contribution < 1.29 is 13.2 Å². The molecule has 0 bridgehead atoms. The number of benzene rings is 1. The molecule has 0 saturated carbocycles. The summed E-state index contributed by atoms with van der Waals surface area (Å²) in [5.74, 6) is 0.612. The molecule has 2 aromatic rings. The molecule has 0 unspecified atom stereocenters. The average molecular weight is 252 g/mol. The van der Waals surface area contributed by atoms with Crippen LogP contribution >= 0.6 is 0 Å². The predicted octanol–water partition coefficient (Wildman–Crippen LogP) is 1.44. The number of rotatable bonds is 3. The van der Waals surface area contributed by atoms with Gasteiger partial charge < -0.3 is 4.74 Å². The fraction of sp³-hybridized carbons (Fsp3) is 0.182. The van der Waals surface area contributed by atoms with E-state index in [0.717, 1.165) is 4.09 Å². The summed E-state index contributed by atoms with van der Waals surface area (Å²) in [5.41, 5.74) is 0.655. The molecular weight excluding hydrogens is 240 g/mol. The lowest BCUT2D eigenvalue weighted by molar-refractivity contribution is 0.414. The van der Waals surface area contributed by atoms with E-state index >= 15 is 0 Å². The SMILES string of the molecule is COc1ccc(S(=O)(=O)n2ccc(C)n2)cc1. The maximum atomic E-state index is 12.1. The number of ether oxygens (including phenoxy) is 1. The Morgan fingerprint density at radius 1 is 1.18 bits per heavy atom. The van der Waals surface area contributed by atoms with Crippen LogP contribution in [0.5, 0.6) is 5.75 Å². The summed E-state index contributed by atoms with van der Waals surface area (Å²) in [7, 11) is -2.06. The minimum Gasteiger partial charge on any atom is -0.497 e. The Balaban J connectivity index is 2.44. The smallest absolute Gasteiger partial charge is 0.282 e. The maximum absolute atomic E-state index is 12.1. The van der Waals surface area contributed by atoms with E-state index in [9.17, 15) is 8.42 Å². The van der Waals surface area contributed by atoms with Gasteiger partial charge in [-0.05, 0) is 37.3 Å². The summed E-state index contributed by atoms with van der Waals surface area (Å²) in [6, 6.07) is 7.82. The van der Waals surface area contributed by atoms with E-state index in [-0.39, 0.29) is 4.90 Å². The molecule has 0 saturated heterocycles. The van der Waals surface area contributed by atoms with Crippen LogP contribution in [0, 0.1) is 6.92 Å². The van der Waals surface area contributed by atoms with Crippen molar-refractivity contribution in [3.63, 3.8) is 0 Å². The Morgan fingerprint density at radius 3 is 2.29 bits per heavy atom. The standard InChI is InChI=1S/C11H12N2O3S/c1-9-7-8-13(12-9)17(14,15)11-5-3-10(16-2)4-6-11/h3-8H,1-2H3. The van der Waals surface area contributed by atoms with E-state index in [1.165, 1.54) is 25.4 Å². The zero-order valence-corrected chi connectivity index (χ0v) is 10.3. The zero-order valence-electron chi connectivity index (χ0n) is 9.49. The first-order valence-electron chi connectivity index (χ1n) is 4.96. The van der Waals surface area contributed by atoms with Crippen LogP contribution in [0.2, 0.25) is 0 Å². The second-order valence-corrected chi connectivity index (χ2v) is 5.31. The molecule has 1 aromatic carbocycles. The third-order valence-electron chi connectivity index (χ3n) is 2.30. The second kappa shape index (κ2) is 4.21. The third-order valence-corrected chi connectivity index (χ3v) is 3.87. The highest BCUT2D eigenvalue weighted by Gasteiger charge is 2.17. The Kier molecular flexibility index (Phi) is 2.89. The second-order valence-electron chi connectivity index (χ2n) is 3.51. The Bertz CT molecular complexity index is 614. The highest BCUT2D eigenvalue weighted by Crippen LogP contribution is 2.17. The first-order chi connectivity index (χ1) is 8.04. The van der Waals surface area contributed by atoms with Gasteiger partial charge in [0, 0.05) is 6.20 Å². The minimum atomic E-state index is -3.59. The summed E-state index contributed by atoms with van der Waals surface area (Å²) in [5, 5.41) is 3.90. The molecule has 0 spiro atoms. The molecule has 0 radical (unpaired) electrons. The molecule has 17 heavy (non-hydrogen) atoms. The van der Waals surface area contributed by atoms with E-state index < -0.39 is 10.0 Å². The van der Waals surface area contributed by atoms with Crippen molar-refractivity contribution in [1.29, 1.82) is 0 Å². The van der Waals surface area contributed by atoms with Crippen LogP contribution in [-0.4, -0.2) is 24.7 Å². The van der Waals surface area contributed by atoms with Gasteiger partial charge in [0.1, 0.15) is 5.75 Å².